The van der Waals surface area contributed by atoms with Crippen LogP contribution in [-0.4, -0.2) is 23.0 Å². The number of rotatable bonds is 2. The number of halogens is 3. The third-order valence-corrected chi connectivity index (χ3v) is 1.77. The highest BCUT2D eigenvalue weighted by molar-refractivity contribution is 5.89. The lowest BCUT2D eigenvalue weighted by molar-refractivity contribution is -0.392. The molecule has 1 heterocycles. The van der Waals surface area contributed by atoms with Gasteiger partial charge in [0.1, 0.15) is 5.56 Å². The number of aromatic nitrogens is 1. The zero-order chi connectivity index (χ0) is 13.2. The molecular formula is C8H5F3N2O4. The summed E-state index contributed by atoms with van der Waals surface area (Å²) in [7, 11) is 0.969. The van der Waals surface area contributed by atoms with Gasteiger partial charge >= 0.3 is 18.0 Å². The molecule has 92 valence electrons. The van der Waals surface area contributed by atoms with Crippen molar-refractivity contribution >= 4 is 11.8 Å². The number of carbonyl (C=O) groups is 1. The van der Waals surface area contributed by atoms with Crippen molar-refractivity contribution in [3.05, 3.63) is 33.5 Å². The number of hydrogen-bond acceptors (Lipinski definition) is 5. The highest BCUT2D eigenvalue weighted by Gasteiger charge is 2.40. The molecule has 0 aromatic carbocycles. The van der Waals surface area contributed by atoms with E-state index in [0.29, 0.717) is 12.3 Å². The lowest BCUT2D eigenvalue weighted by Gasteiger charge is -2.07. The highest BCUT2D eigenvalue weighted by Crippen LogP contribution is 2.35. The Balaban J connectivity index is 3.40. The molecular weight excluding hydrogens is 245 g/mol. The third-order valence-electron chi connectivity index (χ3n) is 1.77. The second kappa shape index (κ2) is 4.36. The van der Waals surface area contributed by atoms with Crippen LogP contribution in [0.1, 0.15) is 15.9 Å². The minimum Gasteiger partial charge on any atom is -0.465 e. The number of nitrogens with zero attached hydrogens (tertiary/aromatic N) is 2. The number of hydrogen-bond donors (Lipinski definition) is 0. The van der Waals surface area contributed by atoms with Crippen molar-refractivity contribution in [3.63, 3.8) is 0 Å². The molecule has 1 aromatic rings. The van der Waals surface area contributed by atoms with Crippen LogP contribution in [0.25, 0.3) is 0 Å². The van der Waals surface area contributed by atoms with Gasteiger partial charge in [-0.25, -0.2) is 4.79 Å². The topological polar surface area (TPSA) is 82.3 Å². The summed E-state index contributed by atoms with van der Waals surface area (Å²) in [6, 6.07) is 0.330. The van der Waals surface area contributed by atoms with Gasteiger partial charge in [-0.3, -0.25) is 0 Å². The Bertz CT molecular complexity index is 472. The van der Waals surface area contributed by atoms with Gasteiger partial charge in [-0.05, 0) is 16.0 Å². The minimum atomic E-state index is -4.97. The number of carbonyl (C=O) groups excluding carboxylic acids is 1. The van der Waals surface area contributed by atoms with Crippen molar-refractivity contribution in [1.29, 1.82) is 0 Å². The summed E-state index contributed by atoms with van der Waals surface area (Å²) in [5, 5.41) is 10.3. The van der Waals surface area contributed by atoms with Gasteiger partial charge in [0.25, 0.3) is 0 Å². The molecule has 0 unspecified atom stereocenters. The normalized spacial score (nSPS) is 11.1. The van der Waals surface area contributed by atoms with Crippen molar-refractivity contribution in [1.82, 2.24) is 4.98 Å². The van der Waals surface area contributed by atoms with E-state index in [9.17, 15) is 28.1 Å². The van der Waals surface area contributed by atoms with Gasteiger partial charge in [-0.1, -0.05) is 0 Å². The highest BCUT2D eigenvalue weighted by atomic mass is 19.4. The smallest absolute Gasteiger partial charge is 0.424 e. The first-order valence-electron chi connectivity index (χ1n) is 4.07. The van der Waals surface area contributed by atoms with Crippen LogP contribution >= 0.6 is 0 Å². The molecule has 0 aliphatic heterocycles. The predicted octanol–water partition coefficient (Wildman–Crippen LogP) is 1.80. The van der Waals surface area contributed by atoms with E-state index < -0.39 is 34.0 Å². The molecule has 0 aliphatic carbocycles. The van der Waals surface area contributed by atoms with Crippen molar-refractivity contribution in [2.75, 3.05) is 7.11 Å². The molecule has 0 fully saturated rings. The average molecular weight is 250 g/mol. The summed E-state index contributed by atoms with van der Waals surface area (Å²) in [6.07, 6.45) is -4.32. The zero-order valence-electron chi connectivity index (χ0n) is 8.32. The number of nitro groups is 1. The molecule has 0 spiro atoms. The third kappa shape index (κ3) is 2.68. The fourth-order valence-corrected chi connectivity index (χ4v) is 1.04. The summed E-state index contributed by atoms with van der Waals surface area (Å²) in [4.78, 5) is 23.0. The first kappa shape index (κ1) is 12.9. The second-order valence-electron chi connectivity index (χ2n) is 2.84. The Morgan fingerprint density at radius 1 is 1.53 bits per heavy atom. The molecule has 0 saturated carbocycles. The molecule has 0 saturated heterocycles. The van der Waals surface area contributed by atoms with Crippen LogP contribution < -0.4 is 0 Å². The standard InChI is InChI=1S/C8H5F3N2O4/c1-17-7(14)4-2-5(8(9,10)11)6(12-3-4)13(15)16/h2-3H,1H3. The summed E-state index contributed by atoms with van der Waals surface area (Å²) in [5.41, 5.74) is -2.10. The summed E-state index contributed by atoms with van der Waals surface area (Å²) in [6.45, 7) is 0. The molecule has 6 nitrogen and oxygen atoms in total. The second-order valence-corrected chi connectivity index (χ2v) is 2.84. The van der Waals surface area contributed by atoms with Crippen LogP contribution in [0.5, 0.6) is 0 Å². The maximum atomic E-state index is 12.5. The molecule has 0 bridgehead atoms. The van der Waals surface area contributed by atoms with Crippen molar-refractivity contribution < 1.29 is 27.6 Å². The van der Waals surface area contributed by atoms with E-state index in [1.54, 1.807) is 0 Å². The van der Waals surface area contributed by atoms with Crippen LogP contribution in [0, 0.1) is 10.1 Å². The minimum absolute atomic E-state index is 0.330. The lowest BCUT2D eigenvalue weighted by Crippen LogP contribution is -2.13. The van der Waals surface area contributed by atoms with Gasteiger partial charge in [0.2, 0.25) is 0 Å². The van der Waals surface area contributed by atoms with Crippen LogP contribution in [0.2, 0.25) is 0 Å². The van der Waals surface area contributed by atoms with Crippen LogP contribution in [0.3, 0.4) is 0 Å². The number of alkyl halides is 3. The quantitative estimate of drug-likeness (QED) is 0.454. The van der Waals surface area contributed by atoms with E-state index in [4.69, 9.17) is 0 Å². The van der Waals surface area contributed by atoms with Gasteiger partial charge in [0.05, 0.1) is 7.11 Å². The van der Waals surface area contributed by atoms with Gasteiger partial charge in [0.15, 0.2) is 11.8 Å². The molecule has 0 atom stereocenters. The molecule has 0 radical (unpaired) electrons. The van der Waals surface area contributed by atoms with E-state index in [1.807, 2.05) is 0 Å². The largest absolute Gasteiger partial charge is 0.465 e. The van der Waals surface area contributed by atoms with E-state index in [-0.39, 0.29) is 0 Å². The molecule has 17 heavy (non-hydrogen) atoms. The molecule has 0 aliphatic rings. The summed E-state index contributed by atoms with van der Waals surface area (Å²) < 4.78 is 41.6. The van der Waals surface area contributed by atoms with Gasteiger partial charge < -0.3 is 14.9 Å². The van der Waals surface area contributed by atoms with Crippen molar-refractivity contribution in [2.45, 2.75) is 6.18 Å². The Hall–Kier alpha value is -2.19. The van der Waals surface area contributed by atoms with Gasteiger partial charge in [-0.2, -0.15) is 13.2 Å². The monoisotopic (exact) mass is 250 g/mol. The maximum Gasteiger partial charge on any atom is 0.424 e. The van der Waals surface area contributed by atoms with Crippen LogP contribution in [0.15, 0.2) is 12.3 Å². The maximum absolute atomic E-state index is 12.5. The fraction of sp³-hybridized carbons (Fsp3) is 0.250. The van der Waals surface area contributed by atoms with E-state index >= 15 is 0 Å². The van der Waals surface area contributed by atoms with Gasteiger partial charge in [0, 0.05) is 0 Å². The summed E-state index contributed by atoms with van der Waals surface area (Å²) >= 11 is 0. The molecule has 0 amide bonds. The summed E-state index contributed by atoms with van der Waals surface area (Å²) in [5.74, 6) is -2.41. The van der Waals surface area contributed by atoms with E-state index in [2.05, 4.69) is 9.72 Å². The first-order valence-corrected chi connectivity index (χ1v) is 4.07. The Kier molecular flexibility index (Phi) is 3.30. The average Bonchev–Trinajstić information content (AvgIpc) is 2.25. The molecule has 0 N–H and O–H groups in total. The predicted molar refractivity (Wildman–Crippen MR) is 47.2 cm³/mol. The Morgan fingerprint density at radius 2 is 2.12 bits per heavy atom. The Labute approximate surface area is 92.2 Å². The molecule has 9 heteroatoms. The SMILES string of the molecule is COC(=O)c1cnc([N+](=O)[O-])c(C(F)(F)F)c1. The number of methoxy groups -OCH3 is 1. The fourth-order valence-electron chi connectivity index (χ4n) is 1.04. The number of esters is 1. The zero-order valence-corrected chi connectivity index (χ0v) is 8.32. The van der Waals surface area contributed by atoms with E-state index in [1.165, 1.54) is 0 Å². The Morgan fingerprint density at radius 3 is 2.53 bits per heavy atom. The van der Waals surface area contributed by atoms with Gasteiger partial charge in [-0.15, -0.1) is 0 Å². The molecule has 1 aromatic heterocycles. The first-order chi connectivity index (χ1) is 7.77. The number of pyridine rings is 1. The van der Waals surface area contributed by atoms with E-state index in [0.717, 1.165) is 7.11 Å². The van der Waals surface area contributed by atoms with Crippen molar-refractivity contribution in [2.24, 2.45) is 0 Å². The van der Waals surface area contributed by atoms with Crippen LogP contribution in [0.4, 0.5) is 19.0 Å². The number of ether oxygens (including phenoxy) is 1. The molecule has 1 rings (SSSR count). The van der Waals surface area contributed by atoms with Crippen molar-refractivity contribution in [3.8, 4) is 0 Å². The van der Waals surface area contributed by atoms with Crippen LogP contribution in [-0.2, 0) is 10.9 Å². The lowest BCUT2D eigenvalue weighted by atomic mass is 10.2.